The summed E-state index contributed by atoms with van der Waals surface area (Å²) in [5.74, 6) is -1.66. The number of rotatable bonds is 7. The van der Waals surface area contributed by atoms with Gasteiger partial charge in [-0.15, -0.1) is 0 Å². The van der Waals surface area contributed by atoms with Crippen molar-refractivity contribution in [2.45, 2.75) is 24.6 Å². The Morgan fingerprint density at radius 1 is 1.05 bits per heavy atom. The molecule has 1 spiro atoms. The Morgan fingerprint density at radius 3 is 2.13 bits per heavy atom. The number of carbonyl (C=O) groups is 3. The number of carboxylic acid groups (broad SMARTS) is 1. The molecule has 39 heavy (non-hydrogen) atoms. The highest BCUT2D eigenvalue weighted by atomic mass is 19.4. The fourth-order valence-electron chi connectivity index (χ4n) is 4.55. The van der Waals surface area contributed by atoms with E-state index in [1.165, 1.54) is 0 Å². The summed E-state index contributed by atoms with van der Waals surface area (Å²) in [7, 11) is 3.12. The number of para-hydroxylation sites is 1. The summed E-state index contributed by atoms with van der Waals surface area (Å²) in [6, 6.07) is 15.2. The Labute approximate surface area is 223 Å². The van der Waals surface area contributed by atoms with E-state index in [1.807, 2.05) is 18.2 Å². The number of amides is 2. The lowest BCUT2D eigenvalue weighted by Crippen LogP contribution is -2.57. The number of ether oxygens (including phenoxy) is 2. The van der Waals surface area contributed by atoms with Crippen LogP contribution in [0, 0.1) is 0 Å². The van der Waals surface area contributed by atoms with Crippen molar-refractivity contribution in [3.8, 4) is 11.5 Å². The van der Waals surface area contributed by atoms with Crippen molar-refractivity contribution in [3.63, 3.8) is 0 Å². The number of methoxy groups -OCH3 is 2. The van der Waals surface area contributed by atoms with Crippen LogP contribution in [0.3, 0.4) is 0 Å². The normalized spacial score (nSPS) is 16.6. The topological polar surface area (TPSA) is 120 Å². The number of hydrogen-bond donors (Lipinski definition) is 3. The molecule has 13 heteroatoms. The summed E-state index contributed by atoms with van der Waals surface area (Å²) in [5, 5.41) is 13.1. The van der Waals surface area contributed by atoms with Crippen molar-refractivity contribution >= 4 is 23.5 Å². The van der Waals surface area contributed by atoms with E-state index in [0.29, 0.717) is 30.3 Å². The first kappa shape index (κ1) is 29.6. The number of halogens is 3. The average molecular weight is 553 g/mol. The molecule has 0 atom stereocenters. The minimum Gasteiger partial charge on any atom is -0.497 e. The standard InChI is InChI=1S/C24H30N4O4.C2HF3O2/c1-31-20-14-18(15-21(16-20)32-2)22(29)25-10-13-27-11-8-24(9-12-27)23(30)26-17-28(24)19-6-4-3-5-7-19;3-2(4,5)1(6)7/h3-7,14-16H,8-13,17H2,1-2H3,(H,25,29)(H,26,30);(H,6,7). The van der Waals surface area contributed by atoms with Gasteiger partial charge in [0.2, 0.25) is 5.91 Å². The SMILES string of the molecule is COc1cc(OC)cc(C(=O)NCCN2CCC3(CC2)C(=O)NCN3c2ccccc2)c1.O=C(O)C(F)(F)F. The van der Waals surface area contributed by atoms with E-state index in [9.17, 15) is 22.8 Å². The third-order valence-electron chi connectivity index (χ3n) is 6.66. The van der Waals surface area contributed by atoms with Gasteiger partial charge in [-0.2, -0.15) is 13.2 Å². The van der Waals surface area contributed by atoms with Gasteiger partial charge in [-0.3, -0.25) is 9.59 Å². The first-order valence-electron chi connectivity index (χ1n) is 12.1. The molecule has 2 aromatic carbocycles. The zero-order valence-electron chi connectivity index (χ0n) is 21.6. The first-order valence-corrected chi connectivity index (χ1v) is 12.1. The van der Waals surface area contributed by atoms with Crippen LogP contribution >= 0.6 is 0 Å². The zero-order chi connectivity index (χ0) is 28.6. The minimum atomic E-state index is -5.08. The summed E-state index contributed by atoms with van der Waals surface area (Å²) in [5.41, 5.74) is 1.08. The summed E-state index contributed by atoms with van der Waals surface area (Å²) in [4.78, 5) is 38.7. The van der Waals surface area contributed by atoms with Crippen molar-refractivity contribution in [1.82, 2.24) is 15.5 Å². The van der Waals surface area contributed by atoms with Gasteiger partial charge in [0.05, 0.1) is 20.9 Å². The summed E-state index contributed by atoms with van der Waals surface area (Å²) in [6.45, 7) is 3.41. The minimum absolute atomic E-state index is 0.112. The highest BCUT2D eigenvalue weighted by Crippen LogP contribution is 2.36. The van der Waals surface area contributed by atoms with Gasteiger partial charge in [-0.05, 0) is 37.1 Å². The quantitative estimate of drug-likeness (QED) is 0.480. The average Bonchev–Trinajstić information content (AvgIpc) is 3.24. The molecule has 2 aliphatic heterocycles. The number of nitrogens with one attached hydrogen (secondary N) is 2. The lowest BCUT2D eigenvalue weighted by Gasteiger charge is -2.43. The second-order valence-corrected chi connectivity index (χ2v) is 8.96. The van der Waals surface area contributed by atoms with Crippen LogP contribution in [-0.4, -0.2) is 86.6 Å². The van der Waals surface area contributed by atoms with Gasteiger partial charge in [0.15, 0.2) is 0 Å². The fourth-order valence-corrected chi connectivity index (χ4v) is 4.55. The molecule has 2 amide bonds. The molecular formula is C26H31F3N4O6. The van der Waals surface area contributed by atoms with Gasteiger partial charge in [0.25, 0.3) is 5.91 Å². The molecule has 0 saturated carbocycles. The van der Waals surface area contributed by atoms with Crippen molar-refractivity contribution in [1.29, 1.82) is 0 Å². The second-order valence-electron chi connectivity index (χ2n) is 8.96. The molecule has 2 aromatic rings. The maximum atomic E-state index is 12.8. The highest BCUT2D eigenvalue weighted by Gasteiger charge is 2.50. The van der Waals surface area contributed by atoms with Crippen molar-refractivity contribution in [2.24, 2.45) is 0 Å². The maximum Gasteiger partial charge on any atom is 0.490 e. The molecule has 0 radical (unpaired) electrons. The van der Waals surface area contributed by atoms with E-state index in [1.54, 1.807) is 32.4 Å². The molecule has 2 heterocycles. The Morgan fingerprint density at radius 2 is 1.62 bits per heavy atom. The molecule has 212 valence electrons. The third kappa shape index (κ3) is 7.31. The number of benzene rings is 2. The molecule has 4 rings (SSSR count). The summed E-state index contributed by atoms with van der Waals surface area (Å²) in [6.07, 6.45) is -3.57. The van der Waals surface area contributed by atoms with E-state index in [0.717, 1.165) is 38.2 Å². The number of carbonyl (C=O) groups excluding carboxylic acids is 2. The van der Waals surface area contributed by atoms with Gasteiger partial charge in [-0.1, -0.05) is 18.2 Å². The molecule has 0 unspecified atom stereocenters. The number of aliphatic carboxylic acids is 1. The van der Waals surface area contributed by atoms with Gasteiger partial charge >= 0.3 is 12.1 Å². The third-order valence-corrected chi connectivity index (χ3v) is 6.66. The Hall–Kier alpha value is -4.00. The van der Waals surface area contributed by atoms with Crippen LogP contribution < -0.4 is 25.0 Å². The van der Waals surface area contributed by atoms with Crippen LogP contribution in [0.15, 0.2) is 48.5 Å². The van der Waals surface area contributed by atoms with E-state index in [4.69, 9.17) is 19.4 Å². The van der Waals surface area contributed by atoms with Crippen LogP contribution in [0.2, 0.25) is 0 Å². The first-order chi connectivity index (χ1) is 18.5. The van der Waals surface area contributed by atoms with E-state index >= 15 is 0 Å². The lowest BCUT2D eigenvalue weighted by atomic mass is 9.85. The number of alkyl halides is 3. The number of nitrogens with zero attached hydrogens (tertiary/aromatic N) is 2. The smallest absolute Gasteiger partial charge is 0.490 e. The molecule has 2 aliphatic rings. The summed E-state index contributed by atoms with van der Waals surface area (Å²) < 4.78 is 42.2. The fraction of sp³-hybridized carbons (Fsp3) is 0.423. The predicted octanol–water partition coefficient (Wildman–Crippen LogP) is 2.50. The predicted molar refractivity (Wildman–Crippen MR) is 136 cm³/mol. The van der Waals surface area contributed by atoms with E-state index in [-0.39, 0.29) is 11.8 Å². The molecule has 2 saturated heterocycles. The zero-order valence-corrected chi connectivity index (χ0v) is 21.6. The number of carboxylic acids is 1. The number of hydrogen-bond acceptors (Lipinski definition) is 7. The molecule has 3 N–H and O–H groups in total. The van der Waals surface area contributed by atoms with Crippen LogP contribution in [0.5, 0.6) is 11.5 Å². The van der Waals surface area contributed by atoms with Gasteiger partial charge < -0.3 is 35.0 Å². The molecule has 0 aromatic heterocycles. The Kier molecular flexibility index (Phi) is 9.62. The molecule has 0 bridgehead atoms. The number of likely N-dealkylation sites (tertiary alicyclic amines) is 1. The molecule has 10 nitrogen and oxygen atoms in total. The van der Waals surface area contributed by atoms with Gasteiger partial charge in [-0.25, -0.2) is 4.79 Å². The van der Waals surface area contributed by atoms with Gasteiger partial charge in [0.1, 0.15) is 17.0 Å². The maximum absolute atomic E-state index is 12.8. The van der Waals surface area contributed by atoms with Gasteiger partial charge in [0, 0.05) is 43.5 Å². The van der Waals surface area contributed by atoms with Crippen molar-refractivity contribution in [3.05, 3.63) is 54.1 Å². The van der Waals surface area contributed by atoms with Crippen molar-refractivity contribution < 1.29 is 42.1 Å². The molecule has 2 fully saturated rings. The van der Waals surface area contributed by atoms with E-state index < -0.39 is 17.7 Å². The second kappa shape index (κ2) is 12.7. The molecule has 0 aliphatic carbocycles. The monoisotopic (exact) mass is 552 g/mol. The highest BCUT2D eigenvalue weighted by molar-refractivity contribution is 5.95. The van der Waals surface area contributed by atoms with Crippen LogP contribution in [-0.2, 0) is 9.59 Å². The van der Waals surface area contributed by atoms with Crippen molar-refractivity contribution in [2.75, 3.05) is 52.0 Å². The van der Waals surface area contributed by atoms with Crippen LogP contribution in [0.4, 0.5) is 18.9 Å². The Bertz CT molecular complexity index is 1130. The number of anilines is 1. The largest absolute Gasteiger partial charge is 0.497 e. The summed E-state index contributed by atoms with van der Waals surface area (Å²) >= 11 is 0. The molecular weight excluding hydrogens is 521 g/mol. The number of piperidine rings is 1. The van der Waals surface area contributed by atoms with E-state index in [2.05, 4.69) is 32.6 Å². The lowest BCUT2D eigenvalue weighted by molar-refractivity contribution is -0.192. The van der Waals surface area contributed by atoms with Crippen LogP contribution in [0.1, 0.15) is 23.2 Å². The van der Waals surface area contributed by atoms with Crippen LogP contribution in [0.25, 0.3) is 0 Å². The Balaban J connectivity index is 0.000000532.